The van der Waals surface area contributed by atoms with Crippen molar-refractivity contribution < 1.29 is 4.43 Å². The van der Waals surface area contributed by atoms with Crippen LogP contribution in [0.2, 0.25) is 16.6 Å². The van der Waals surface area contributed by atoms with Crippen molar-refractivity contribution in [3.63, 3.8) is 0 Å². The van der Waals surface area contributed by atoms with Gasteiger partial charge in [0.2, 0.25) is 0 Å². The molecule has 1 nitrogen and oxygen atoms in total. The second kappa shape index (κ2) is 7.75. The van der Waals surface area contributed by atoms with Crippen LogP contribution in [0.1, 0.15) is 54.9 Å². The van der Waals surface area contributed by atoms with Crippen LogP contribution in [0, 0.1) is 0 Å². The minimum absolute atomic E-state index is 0.677. The maximum Gasteiger partial charge on any atom is 0.200 e. The van der Waals surface area contributed by atoms with Crippen LogP contribution in [0.15, 0.2) is 10.6 Å². The molecule has 0 unspecified atom stereocenters. The van der Waals surface area contributed by atoms with Crippen molar-refractivity contribution >= 4 is 24.2 Å². The molecule has 0 amide bonds. The largest absolute Gasteiger partial charge is 0.416 e. The SMILES string of the molecule is C/C(=C\Br)CCO[Si](C(C)C)(C(C)C)C(C)C. The lowest BCUT2D eigenvalue weighted by Gasteiger charge is -2.42. The molecule has 0 radical (unpaired) electrons. The molecule has 0 saturated heterocycles. The Morgan fingerprint density at radius 2 is 1.47 bits per heavy atom. The van der Waals surface area contributed by atoms with E-state index in [1.165, 1.54) is 5.57 Å². The molecular weight excluding hydrogens is 292 g/mol. The van der Waals surface area contributed by atoms with Gasteiger partial charge in [-0.1, -0.05) is 63.0 Å². The van der Waals surface area contributed by atoms with Crippen LogP contribution < -0.4 is 0 Å². The van der Waals surface area contributed by atoms with Crippen LogP contribution in [-0.2, 0) is 4.43 Å². The van der Waals surface area contributed by atoms with Gasteiger partial charge >= 0.3 is 0 Å². The molecule has 0 spiro atoms. The second-order valence-electron chi connectivity index (χ2n) is 5.87. The number of hydrogen-bond acceptors (Lipinski definition) is 1. The Morgan fingerprint density at radius 1 is 1.06 bits per heavy atom. The van der Waals surface area contributed by atoms with Gasteiger partial charge in [-0.2, -0.15) is 0 Å². The van der Waals surface area contributed by atoms with Crippen LogP contribution in [0.5, 0.6) is 0 Å². The first kappa shape index (κ1) is 17.4. The molecule has 0 atom stereocenters. The van der Waals surface area contributed by atoms with Crippen molar-refractivity contribution in [3.8, 4) is 0 Å². The third kappa shape index (κ3) is 4.53. The summed E-state index contributed by atoms with van der Waals surface area (Å²) < 4.78 is 6.46. The van der Waals surface area contributed by atoms with E-state index in [1.807, 2.05) is 4.99 Å². The zero-order valence-electron chi connectivity index (χ0n) is 12.5. The van der Waals surface area contributed by atoms with Gasteiger partial charge in [0, 0.05) is 6.61 Å². The fourth-order valence-electron chi connectivity index (χ4n) is 2.94. The van der Waals surface area contributed by atoms with E-state index in [0.717, 1.165) is 13.0 Å². The highest BCUT2D eigenvalue weighted by molar-refractivity contribution is 9.11. The molecule has 0 aromatic rings. The summed E-state index contributed by atoms with van der Waals surface area (Å²) in [6.45, 7) is 17.0. The average Bonchev–Trinajstić information content (AvgIpc) is 2.22. The highest BCUT2D eigenvalue weighted by Gasteiger charge is 2.44. The summed E-state index contributed by atoms with van der Waals surface area (Å²) in [5, 5.41) is 0. The first-order valence-electron chi connectivity index (χ1n) is 6.68. The molecule has 0 heterocycles. The third-order valence-corrected chi connectivity index (χ3v) is 10.6. The highest BCUT2D eigenvalue weighted by atomic mass is 79.9. The van der Waals surface area contributed by atoms with E-state index in [0.29, 0.717) is 16.6 Å². The summed E-state index contributed by atoms with van der Waals surface area (Å²) in [6, 6.07) is 0. The van der Waals surface area contributed by atoms with Crippen LogP contribution in [0.3, 0.4) is 0 Å². The van der Waals surface area contributed by atoms with Crippen molar-refractivity contribution in [2.75, 3.05) is 6.61 Å². The van der Waals surface area contributed by atoms with Crippen LogP contribution in [0.4, 0.5) is 0 Å². The topological polar surface area (TPSA) is 9.23 Å². The molecule has 0 aromatic heterocycles. The molecule has 0 aliphatic rings. The predicted octanol–water partition coefficient (Wildman–Crippen LogP) is 5.87. The van der Waals surface area contributed by atoms with Gasteiger partial charge in [0.25, 0.3) is 0 Å². The van der Waals surface area contributed by atoms with Gasteiger partial charge in [-0.15, -0.1) is 0 Å². The van der Waals surface area contributed by atoms with Crippen molar-refractivity contribution in [2.24, 2.45) is 0 Å². The molecule has 0 fully saturated rings. The second-order valence-corrected chi connectivity index (χ2v) is 11.8. The molecule has 0 aromatic carbocycles. The van der Waals surface area contributed by atoms with E-state index in [1.54, 1.807) is 0 Å². The van der Waals surface area contributed by atoms with Crippen molar-refractivity contribution in [2.45, 2.75) is 71.5 Å². The average molecular weight is 321 g/mol. The Morgan fingerprint density at radius 3 is 1.76 bits per heavy atom. The number of rotatable bonds is 7. The molecule has 0 aliphatic heterocycles. The third-order valence-electron chi connectivity index (χ3n) is 3.74. The Bertz CT molecular complexity index is 225. The molecule has 17 heavy (non-hydrogen) atoms. The number of halogens is 1. The van der Waals surface area contributed by atoms with Crippen molar-refractivity contribution in [3.05, 3.63) is 10.6 Å². The van der Waals surface area contributed by atoms with Gasteiger partial charge in [0.15, 0.2) is 8.32 Å². The molecule has 0 N–H and O–H groups in total. The fourth-order valence-corrected chi connectivity index (χ4v) is 8.63. The van der Waals surface area contributed by atoms with Crippen LogP contribution >= 0.6 is 15.9 Å². The van der Waals surface area contributed by atoms with Gasteiger partial charge in [0.05, 0.1) is 0 Å². The minimum atomic E-state index is -1.65. The summed E-state index contributed by atoms with van der Waals surface area (Å²) in [7, 11) is -1.65. The van der Waals surface area contributed by atoms with Crippen LogP contribution in [0.25, 0.3) is 0 Å². The van der Waals surface area contributed by atoms with Gasteiger partial charge in [-0.05, 0) is 35.0 Å². The maximum atomic E-state index is 6.46. The quantitative estimate of drug-likeness (QED) is 0.533. The molecule has 3 heteroatoms. The van der Waals surface area contributed by atoms with Gasteiger partial charge < -0.3 is 4.43 Å². The fraction of sp³-hybridized carbons (Fsp3) is 0.857. The Balaban J connectivity index is 4.71. The number of hydrogen-bond donors (Lipinski definition) is 0. The smallest absolute Gasteiger partial charge is 0.200 e. The first-order chi connectivity index (χ1) is 7.78. The normalized spacial score (nSPS) is 14.2. The lowest BCUT2D eigenvalue weighted by molar-refractivity contribution is 0.281. The summed E-state index contributed by atoms with van der Waals surface area (Å²) in [6.07, 6.45) is 1.03. The van der Waals surface area contributed by atoms with E-state index in [4.69, 9.17) is 4.43 Å². The molecule has 0 saturated carbocycles. The standard InChI is InChI=1S/C14H29BrOSi/c1-11(2)17(12(3)4,13(5)6)16-9-8-14(7)10-15/h10-13H,8-9H2,1-7H3/b14-10+. The Hall–Kier alpha value is 0.397. The monoisotopic (exact) mass is 320 g/mol. The van der Waals surface area contributed by atoms with Crippen molar-refractivity contribution in [1.29, 1.82) is 0 Å². The van der Waals surface area contributed by atoms with E-state index in [2.05, 4.69) is 64.4 Å². The van der Waals surface area contributed by atoms with E-state index in [-0.39, 0.29) is 0 Å². The Labute approximate surface area is 117 Å². The molecular formula is C14H29BrOSi. The van der Waals surface area contributed by atoms with Gasteiger partial charge in [0.1, 0.15) is 0 Å². The molecule has 0 aliphatic carbocycles. The van der Waals surface area contributed by atoms with E-state index in [9.17, 15) is 0 Å². The Kier molecular flexibility index (Phi) is 7.93. The summed E-state index contributed by atoms with van der Waals surface area (Å²) in [5.74, 6) is 0. The predicted molar refractivity (Wildman–Crippen MR) is 84.3 cm³/mol. The minimum Gasteiger partial charge on any atom is -0.416 e. The summed E-state index contributed by atoms with van der Waals surface area (Å²) in [5.41, 5.74) is 3.38. The van der Waals surface area contributed by atoms with Gasteiger partial charge in [-0.3, -0.25) is 0 Å². The molecule has 0 bridgehead atoms. The highest BCUT2D eigenvalue weighted by Crippen LogP contribution is 2.42. The zero-order valence-corrected chi connectivity index (χ0v) is 15.1. The van der Waals surface area contributed by atoms with E-state index >= 15 is 0 Å². The van der Waals surface area contributed by atoms with Crippen LogP contribution in [-0.4, -0.2) is 14.9 Å². The van der Waals surface area contributed by atoms with E-state index < -0.39 is 8.32 Å². The lowest BCUT2D eigenvalue weighted by Crippen LogP contribution is -2.47. The van der Waals surface area contributed by atoms with Crippen molar-refractivity contribution in [1.82, 2.24) is 0 Å². The lowest BCUT2D eigenvalue weighted by atomic mass is 10.3. The first-order valence-corrected chi connectivity index (χ1v) is 9.74. The maximum absolute atomic E-state index is 6.46. The molecule has 102 valence electrons. The summed E-state index contributed by atoms with van der Waals surface area (Å²) in [4.78, 5) is 2.00. The zero-order chi connectivity index (χ0) is 13.6. The molecule has 0 rings (SSSR count). The summed E-state index contributed by atoms with van der Waals surface area (Å²) >= 11 is 3.38. The van der Waals surface area contributed by atoms with Gasteiger partial charge in [-0.25, -0.2) is 0 Å².